The third-order valence-electron chi connectivity index (χ3n) is 4.26. The molecule has 2 aromatic carbocycles. The predicted molar refractivity (Wildman–Crippen MR) is 103 cm³/mol. The van der Waals surface area contributed by atoms with E-state index in [4.69, 9.17) is 4.42 Å². The molecular weight excluding hydrogens is 397 g/mol. The van der Waals surface area contributed by atoms with Gasteiger partial charge in [0.05, 0.1) is 29.1 Å². The number of alkyl halides is 3. The Balaban J connectivity index is 1.56. The van der Waals surface area contributed by atoms with Gasteiger partial charge in [-0.1, -0.05) is 18.2 Å². The minimum absolute atomic E-state index is 0.00898. The Morgan fingerprint density at radius 3 is 2.60 bits per heavy atom. The van der Waals surface area contributed by atoms with Crippen LogP contribution in [-0.4, -0.2) is 20.7 Å². The topological polar surface area (TPSA) is 73.0 Å². The van der Waals surface area contributed by atoms with Crippen LogP contribution in [0.5, 0.6) is 0 Å². The van der Waals surface area contributed by atoms with E-state index in [9.17, 15) is 18.0 Å². The number of benzene rings is 2. The Hall–Kier alpha value is -3.88. The maximum absolute atomic E-state index is 13.1. The van der Waals surface area contributed by atoms with Gasteiger partial charge in [0.25, 0.3) is 0 Å². The Morgan fingerprint density at radius 2 is 1.90 bits per heavy atom. The molecule has 1 amide bonds. The fourth-order valence-electron chi connectivity index (χ4n) is 2.88. The Kier molecular flexibility index (Phi) is 5.09. The first-order valence-corrected chi connectivity index (χ1v) is 8.91. The molecule has 152 valence electrons. The van der Waals surface area contributed by atoms with Gasteiger partial charge in [-0.05, 0) is 36.4 Å². The summed E-state index contributed by atoms with van der Waals surface area (Å²) in [6.07, 6.45) is -0.293. The number of nitrogens with one attached hydrogen (secondary N) is 1. The van der Waals surface area contributed by atoms with E-state index in [1.807, 2.05) is 30.3 Å². The summed E-state index contributed by atoms with van der Waals surface area (Å²) in [6.45, 7) is 0. The number of carbonyl (C=O) groups is 1. The second kappa shape index (κ2) is 7.86. The normalized spacial score (nSPS) is 11.4. The summed E-state index contributed by atoms with van der Waals surface area (Å²) in [5.74, 6) is -0.176. The van der Waals surface area contributed by atoms with Crippen molar-refractivity contribution >= 4 is 11.6 Å². The quantitative estimate of drug-likeness (QED) is 0.515. The van der Waals surface area contributed by atoms with Crippen LogP contribution in [0.2, 0.25) is 0 Å². The molecule has 0 aliphatic heterocycles. The van der Waals surface area contributed by atoms with Crippen molar-refractivity contribution in [1.29, 1.82) is 0 Å². The molecule has 0 saturated carbocycles. The number of carbonyl (C=O) groups excluding carboxylic acids is 1. The average molecular weight is 412 g/mol. The Bertz CT molecular complexity index is 1150. The second-order valence-corrected chi connectivity index (χ2v) is 6.42. The van der Waals surface area contributed by atoms with Crippen LogP contribution >= 0.6 is 0 Å². The zero-order valence-electron chi connectivity index (χ0n) is 15.4. The van der Waals surface area contributed by atoms with Gasteiger partial charge in [0.2, 0.25) is 11.8 Å². The number of nitrogens with zero attached hydrogens (tertiary/aromatic N) is 3. The van der Waals surface area contributed by atoms with Crippen LogP contribution in [0.15, 0.2) is 77.7 Å². The standard InChI is InChI=1S/C21H15F3N4O2/c22-21(23,24)15-7-8-18(28-10-4-9-25-28)17(11-15)27-19(29)12-16-13-30-20(26-16)14-5-2-1-3-6-14/h1-11,13H,12H2,(H,27,29). The van der Waals surface area contributed by atoms with Crippen molar-refractivity contribution in [2.24, 2.45) is 0 Å². The van der Waals surface area contributed by atoms with E-state index in [0.717, 1.165) is 17.7 Å². The zero-order valence-corrected chi connectivity index (χ0v) is 15.4. The largest absolute Gasteiger partial charge is 0.444 e. The number of hydrogen-bond acceptors (Lipinski definition) is 4. The fourth-order valence-corrected chi connectivity index (χ4v) is 2.88. The number of hydrogen-bond donors (Lipinski definition) is 1. The monoisotopic (exact) mass is 412 g/mol. The van der Waals surface area contributed by atoms with Crippen LogP contribution in [0, 0.1) is 0 Å². The molecule has 0 fully saturated rings. The predicted octanol–water partition coefficient (Wildman–Crippen LogP) is 4.73. The number of anilines is 1. The van der Waals surface area contributed by atoms with E-state index in [2.05, 4.69) is 15.4 Å². The zero-order chi connectivity index (χ0) is 21.1. The number of halogens is 3. The van der Waals surface area contributed by atoms with Crippen LogP contribution in [0.25, 0.3) is 17.1 Å². The average Bonchev–Trinajstić information content (AvgIpc) is 3.40. The maximum atomic E-state index is 13.1. The van der Waals surface area contributed by atoms with Gasteiger partial charge in [0.15, 0.2) is 0 Å². The number of amides is 1. The molecular formula is C21H15F3N4O2. The van der Waals surface area contributed by atoms with Gasteiger partial charge in [-0.15, -0.1) is 0 Å². The van der Waals surface area contributed by atoms with E-state index in [-0.39, 0.29) is 12.1 Å². The highest BCUT2D eigenvalue weighted by molar-refractivity contribution is 5.94. The molecule has 4 rings (SSSR count). The molecule has 1 N–H and O–H groups in total. The van der Waals surface area contributed by atoms with Crippen molar-refractivity contribution in [3.05, 3.63) is 84.5 Å². The van der Waals surface area contributed by atoms with E-state index in [0.29, 0.717) is 17.3 Å². The Morgan fingerprint density at radius 1 is 1.10 bits per heavy atom. The van der Waals surface area contributed by atoms with Crippen molar-refractivity contribution in [2.75, 3.05) is 5.32 Å². The minimum atomic E-state index is -4.54. The molecule has 0 unspecified atom stereocenters. The first-order valence-electron chi connectivity index (χ1n) is 8.91. The summed E-state index contributed by atoms with van der Waals surface area (Å²) in [6, 6.07) is 13.9. The molecule has 0 aliphatic rings. The van der Waals surface area contributed by atoms with E-state index < -0.39 is 17.6 Å². The maximum Gasteiger partial charge on any atom is 0.416 e. The summed E-state index contributed by atoms with van der Waals surface area (Å²) in [5, 5.41) is 6.55. The van der Waals surface area contributed by atoms with Crippen molar-refractivity contribution in [3.63, 3.8) is 0 Å². The summed E-state index contributed by atoms with van der Waals surface area (Å²) < 4.78 is 46.2. The van der Waals surface area contributed by atoms with Gasteiger partial charge in [-0.25, -0.2) is 9.67 Å². The SMILES string of the molecule is O=C(Cc1coc(-c2ccccc2)n1)Nc1cc(C(F)(F)F)ccc1-n1cccn1. The molecule has 2 aromatic heterocycles. The highest BCUT2D eigenvalue weighted by atomic mass is 19.4. The lowest BCUT2D eigenvalue weighted by Gasteiger charge is -2.14. The molecule has 2 heterocycles. The van der Waals surface area contributed by atoms with Crippen molar-refractivity contribution < 1.29 is 22.4 Å². The molecule has 6 nitrogen and oxygen atoms in total. The summed E-state index contributed by atoms with van der Waals surface area (Å²) >= 11 is 0. The highest BCUT2D eigenvalue weighted by Crippen LogP contribution is 2.33. The van der Waals surface area contributed by atoms with Crippen molar-refractivity contribution in [1.82, 2.24) is 14.8 Å². The van der Waals surface area contributed by atoms with Crippen LogP contribution in [0.1, 0.15) is 11.3 Å². The molecule has 0 spiro atoms. The Labute approximate surface area is 169 Å². The molecule has 4 aromatic rings. The van der Waals surface area contributed by atoms with Gasteiger partial charge in [-0.3, -0.25) is 4.79 Å². The first kappa shape index (κ1) is 19.4. The molecule has 0 saturated heterocycles. The van der Waals surface area contributed by atoms with Gasteiger partial charge < -0.3 is 9.73 Å². The van der Waals surface area contributed by atoms with Crippen LogP contribution in [-0.2, 0) is 17.4 Å². The number of rotatable bonds is 5. The summed E-state index contributed by atoms with van der Waals surface area (Å²) in [5.41, 5.74) is 0.542. The number of oxazole rings is 1. The van der Waals surface area contributed by atoms with Gasteiger partial charge >= 0.3 is 6.18 Å². The lowest BCUT2D eigenvalue weighted by atomic mass is 10.1. The van der Waals surface area contributed by atoms with E-state index >= 15 is 0 Å². The smallest absolute Gasteiger partial charge is 0.416 e. The lowest BCUT2D eigenvalue weighted by Crippen LogP contribution is -2.17. The summed E-state index contributed by atoms with van der Waals surface area (Å²) in [7, 11) is 0. The molecule has 0 bridgehead atoms. The van der Waals surface area contributed by atoms with Gasteiger partial charge in [-0.2, -0.15) is 18.3 Å². The summed E-state index contributed by atoms with van der Waals surface area (Å²) in [4.78, 5) is 16.8. The third-order valence-corrected chi connectivity index (χ3v) is 4.26. The van der Waals surface area contributed by atoms with Crippen LogP contribution in [0.3, 0.4) is 0 Å². The fraction of sp³-hybridized carbons (Fsp3) is 0.0952. The number of aromatic nitrogens is 3. The molecule has 0 radical (unpaired) electrons. The minimum Gasteiger partial charge on any atom is -0.444 e. The highest BCUT2D eigenvalue weighted by Gasteiger charge is 2.31. The van der Waals surface area contributed by atoms with Crippen LogP contribution < -0.4 is 5.32 Å². The second-order valence-electron chi connectivity index (χ2n) is 6.42. The lowest BCUT2D eigenvalue weighted by molar-refractivity contribution is -0.137. The van der Waals surface area contributed by atoms with Crippen molar-refractivity contribution in [2.45, 2.75) is 12.6 Å². The van der Waals surface area contributed by atoms with Crippen molar-refractivity contribution in [3.8, 4) is 17.1 Å². The van der Waals surface area contributed by atoms with Crippen LogP contribution in [0.4, 0.5) is 18.9 Å². The molecule has 9 heteroatoms. The van der Waals surface area contributed by atoms with E-state index in [1.165, 1.54) is 23.2 Å². The van der Waals surface area contributed by atoms with Gasteiger partial charge in [0, 0.05) is 18.0 Å². The molecule has 0 aliphatic carbocycles. The van der Waals surface area contributed by atoms with E-state index in [1.54, 1.807) is 12.3 Å². The molecule has 30 heavy (non-hydrogen) atoms. The first-order chi connectivity index (χ1) is 14.4. The van der Waals surface area contributed by atoms with Gasteiger partial charge in [0.1, 0.15) is 6.26 Å². The third kappa shape index (κ3) is 4.24. The molecule has 0 atom stereocenters.